The van der Waals surface area contributed by atoms with Crippen molar-refractivity contribution >= 4 is 0 Å². The Kier molecular flexibility index (Phi) is 10.8. The summed E-state index contributed by atoms with van der Waals surface area (Å²) in [5, 5.41) is 0. The Morgan fingerprint density at radius 1 is 0.167 bits per heavy atom. The van der Waals surface area contributed by atoms with Crippen LogP contribution in [-0.2, 0) is 0 Å². The Morgan fingerprint density at radius 3 is 0.712 bits per heavy atom. The van der Waals surface area contributed by atoms with Gasteiger partial charge in [0, 0.05) is 83.0 Å². The molecule has 0 atom stereocenters. The fraction of sp³-hybridized carbons (Fsp3) is 0. The average Bonchev–Trinajstić information content (AvgIpc) is 3.42. The van der Waals surface area contributed by atoms with Crippen LogP contribution in [0.4, 0.5) is 0 Å². The van der Waals surface area contributed by atoms with Crippen LogP contribution in [0.15, 0.2) is 232 Å². The first-order chi connectivity index (χ1) is 32.7. The molecule has 8 nitrogen and oxygen atoms in total. The molecular weight excluding hydrogens is 809 g/mol. The van der Waals surface area contributed by atoms with Crippen LogP contribution < -0.4 is 0 Å². The first kappa shape index (κ1) is 39.7. The number of benzene rings is 3. The minimum Gasteiger partial charge on any atom is -0.256 e. The number of pyridine rings is 8. The highest BCUT2D eigenvalue weighted by molar-refractivity contribution is 5.85. The third kappa shape index (κ3) is 8.37. The van der Waals surface area contributed by atoms with Gasteiger partial charge in [0.25, 0.3) is 0 Å². The Hall–Kier alpha value is -9.14. The number of hydrogen-bond donors (Lipinski definition) is 0. The van der Waals surface area contributed by atoms with Gasteiger partial charge >= 0.3 is 0 Å². The van der Waals surface area contributed by atoms with Crippen LogP contribution in [0.25, 0.3) is 112 Å². The van der Waals surface area contributed by atoms with Crippen molar-refractivity contribution in [2.75, 3.05) is 0 Å². The molecule has 0 saturated heterocycles. The van der Waals surface area contributed by atoms with Gasteiger partial charge in [0.2, 0.25) is 0 Å². The maximum atomic E-state index is 4.81. The van der Waals surface area contributed by atoms with Crippen LogP contribution in [0.3, 0.4) is 0 Å². The quantitative estimate of drug-likeness (QED) is 0.134. The summed E-state index contributed by atoms with van der Waals surface area (Å²) in [4.78, 5) is 37.0. The lowest BCUT2D eigenvalue weighted by atomic mass is 9.92. The van der Waals surface area contributed by atoms with Gasteiger partial charge in [0.15, 0.2) is 0 Å². The molecule has 8 aromatic heterocycles. The molecule has 0 amide bonds. The topological polar surface area (TPSA) is 103 Å². The summed E-state index contributed by atoms with van der Waals surface area (Å²) in [5.74, 6) is 0. The monoisotopic (exact) mass is 846 g/mol. The van der Waals surface area contributed by atoms with Gasteiger partial charge in [-0.2, -0.15) is 0 Å². The molecular formula is C58H38N8. The fourth-order valence-corrected chi connectivity index (χ4v) is 8.00. The zero-order valence-electron chi connectivity index (χ0n) is 35.5. The van der Waals surface area contributed by atoms with Crippen molar-refractivity contribution in [3.63, 3.8) is 0 Å². The van der Waals surface area contributed by atoms with Gasteiger partial charge < -0.3 is 0 Å². The minimum absolute atomic E-state index is 0.830. The Balaban J connectivity index is 0.737. The lowest BCUT2D eigenvalue weighted by molar-refractivity contribution is 1.23. The molecule has 0 saturated carbocycles. The van der Waals surface area contributed by atoms with E-state index in [0.29, 0.717) is 0 Å². The molecule has 0 aliphatic carbocycles. The molecule has 0 radical (unpaired) electrons. The highest BCUT2D eigenvalue weighted by Crippen LogP contribution is 2.35. The highest BCUT2D eigenvalue weighted by atomic mass is 14.8. The van der Waals surface area contributed by atoms with Gasteiger partial charge in [-0.05, 0) is 118 Å². The number of aromatic nitrogens is 8. The van der Waals surface area contributed by atoms with Crippen molar-refractivity contribution in [2.45, 2.75) is 0 Å². The zero-order chi connectivity index (χ0) is 44.1. The van der Waals surface area contributed by atoms with E-state index >= 15 is 0 Å². The molecule has 8 heteroatoms. The first-order valence-corrected chi connectivity index (χ1v) is 21.6. The van der Waals surface area contributed by atoms with Crippen molar-refractivity contribution in [1.82, 2.24) is 39.9 Å². The van der Waals surface area contributed by atoms with Crippen LogP contribution >= 0.6 is 0 Å². The lowest BCUT2D eigenvalue weighted by Crippen LogP contribution is -1.90. The number of rotatable bonds is 10. The second kappa shape index (κ2) is 17.9. The van der Waals surface area contributed by atoms with E-state index in [9.17, 15) is 0 Å². The van der Waals surface area contributed by atoms with E-state index in [1.807, 2.05) is 122 Å². The molecule has 0 fully saturated rings. The van der Waals surface area contributed by atoms with Gasteiger partial charge in [-0.3, -0.25) is 39.9 Å². The van der Waals surface area contributed by atoms with Gasteiger partial charge in [-0.15, -0.1) is 0 Å². The van der Waals surface area contributed by atoms with E-state index < -0.39 is 0 Å². The first-order valence-electron chi connectivity index (χ1n) is 21.6. The Bertz CT molecular complexity index is 3130. The molecule has 0 aliphatic heterocycles. The summed E-state index contributed by atoms with van der Waals surface area (Å²) >= 11 is 0. The zero-order valence-corrected chi connectivity index (χ0v) is 35.5. The number of nitrogens with zero attached hydrogens (tertiary/aromatic N) is 8. The van der Waals surface area contributed by atoms with Crippen molar-refractivity contribution in [3.8, 4) is 112 Å². The lowest BCUT2D eigenvalue weighted by Gasteiger charge is -2.12. The minimum atomic E-state index is 0.830. The highest BCUT2D eigenvalue weighted by Gasteiger charge is 2.12. The van der Waals surface area contributed by atoms with Gasteiger partial charge in [0.1, 0.15) is 0 Å². The summed E-state index contributed by atoms with van der Waals surface area (Å²) in [6, 6.07) is 62.0. The van der Waals surface area contributed by atoms with Crippen LogP contribution in [0.5, 0.6) is 0 Å². The molecule has 3 aromatic carbocycles. The SMILES string of the molecule is c1ccc(-c2ccc(-c3ccc(-c4ccc(-c5ccc(-c6ccccc6-c6ccc(-c7ccc(-c8ccc(-c9ccc(-c%10ccccn%10)nc9)nc8)nc7)cc6)cc5)cn4)cn3)cn2)nc1. The van der Waals surface area contributed by atoms with Crippen molar-refractivity contribution in [1.29, 1.82) is 0 Å². The predicted octanol–water partition coefficient (Wildman–Crippen LogP) is 13.5. The van der Waals surface area contributed by atoms with E-state index in [2.05, 4.69) is 117 Å². The summed E-state index contributed by atoms with van der Waals surface area (Å²) in [5.41, 5.74) is 19.5. The van der Waals surface area contributed by atoms with E-state index in [-0.39, 0.29) is 0 Å². The Morgan fingerprint density at radius 2 is 0.424 bits per heavy atom. The third-order valence-electron chi connectivity index (χ3n) is 11.6. The van der Waals surface area contributed by atoms with E-state index in [0.717, 1.165) is 101 Å². The van der Waals surface area contributed by atoms with E-state index in [4.69, 9.17) is 19.9 Å². The van der Waals surface area contributed by atoms with Crippen molar-refractivity contribution < 1.29 is 0 Å². The fourth-order valence-electron chi connectivity index (χ4n) is 8.00. The molecule has 0 bridgehead atoms. The maximum absolute atomic E-state index is 4.81. The molecule has 0 spiro atoms. The normalized spacial score (nSPS) is 11.0. The van der Waals surface area contributed by atoms with Crippen LogP contribution in [0.2, 0.25) is 0 Å². The third-order valence-corrected chi connectivity index (χ3v) is 11.6. The van der Waals surface area contributed by atoms with Gasteiger partial charge in [0.05, 0.1) is 45.6 Å². The second-order valence-corrected chi connectivity index (χ2v) is 15.7. The average molecular weight is 847 g/mol. The van der Waals surface area contributed by atoms with Crippen LogP contribution in [-0.4, -0.2) is 39.9 Å². The molecule has 11 rings (SSSR count). The second-order valence-electron chi connectivity index (χ2n) is 15.7. The van der Waals surface area contributed by atoms with Gasteiger partial charge in [-0.25, -0.2) is 0 Å². The number of hydrogen-bond acceptors (Lipinski definition) is 8. The molecule has 310 valence electrons. The van der Waals surface area contributed by atoms with Gasteiger partial charge in [-0.1, -0.05) is 97.1 Å². The van der Waals surface area contributed by atoms with Crippen molar-refractivity contribution in [2.24, 2.45) is 0 Å². The summed E-state index contributed by atoms with van der Waals surface area (Å²) in [6.07, 6.45) is 14.8. The summed E-state index contributed by atoms with van der Waals surface area (Å²) in [7, 11) is 0. The molecule has 66 heavy (non-hydrogen) atoms. The molecule has 11 aromatic rings. The summed E-state index contributed by atoms with van der Waals surface area (Å²) in [6.45, 7) is 0. The molecule has 0 aliphatic rings. The smallest absolute Gasteiger partial charge is 0.0886 e. The molecule has 0 N–H and O–H groups in total. The molecule has 8 heterocycles. The standard InChI is InChI=1S/C58H38N8/c1-2-8-50(42-17-13-40(14-18-42)44-20-26-52(62-34-44)46-22-28-54(64-36-46)48-24-30-58(66-38-48)56-10-4-6-32-60-56)49(7-1)41-15-11-39(12-16-41)43-19-25-51(61-33-43)45-21-27-53(63-35-45)47-23-29-57(65-37-47)55-9-3-5-31-59-55/h1-38H. The van der Waals surface area contributed by atoms with Crippen LogP contribution in [0, 0.1) is 0 Å². The largest absolute Gasteiger partial charge is 0.256 e. The maximum Gasteiger partial charge on any atom is 0.0886 e. The predicted molar refractivity (Wildman–Crippen MR) is 263 cm³/mol. The molecule has 0 unspecified atom stereocenters. The Labute approximate surface area is 382 Å². The van der Waals surface area contributed by atoms with Crippen LogP contribution in [0.1, 0.15) is 0 Å². The summed E-state index contributed by atoms with van der Waals surface area (Å²) < 4.78 is 0. The van der Waals surface area contributed by atoms with E-state index in [1.165, 1.54) is 11.1 Å². The van der Waals surface area contributed by atoms with E-state index in [1.54, 1.807) is 12.4 Å². The van der Waals surface area contributed by atoms with Crippen molar-refractivity contribution in [3.05, 3.63) is 232 Å².